The fourth-order valence-corrected chi connectivity index (χ4v) is 7.19. The minimum atomic E-state index is -3.41. The van der Waals surface area contributed by atoms with E-state index in [4.69, 9.17) is 18.9 Å². The van der Waals surface area contributed by atoms with Crippen LogP contribution in [0.2, 0.25) is 0 Å². The second kappa shape index (κ2) is 11.6. The summed E-state index contributed by atoms with van der Waals surface area (Å²) in [5.41, 5.74) is 2.25. The number of rotatable bonds is 9. The lowest BCUT2D eigenvalue weighted by Crippen LogP contribution is -2.36. The zero-order chi connectivity index (χ0) is 29.4. The maximum absolute atomic E-state index is 13.6. The van der Waals surface area contributed by atoms with Gasteiger partial charge < -0.3 is 49.1 Å². The Labute approximate surface area is 244 Å². The molecule has 6 rings (SSSR count). The topological polar surface area (TPSA) is 139 Å². The van der Waals surface area contributed by atoms with E-state index < -0.39 is 13.5 Å². The van der Waals surface area contributed by atoms with Crippen LogP contribution in [0.25, 0.3) is 0 Å². The molecule has 0 spiro atoms. The Morgan fingerprint density at radius 1 is 0.786 bits per heavy atom. The van der Waals surface area contributed by atoms with Crippen molar-refractivity contribution in [3.63, 3.8) is 0 Å². The Bertz CT molecular complexity index is 1330. The lowest BCUT2D eigenvalue weighted by molar-refractivity contribution is 0.0742. The third-order valence-electron chi connectivity index (χ3n) is 8.57. The molecule has 12 nitrogen and oxygen atoms in total. The number of nitrogens with one attached hydrogen (secondary N) is 2. The first-order valence-corrected chi connectivity index (χ1v) is 16.6. The van der Waals surface area contributed by atoms with Gasteiger partial charge in [-0.25, -0.2) is 0 Å². The van der Waals surface area contributed by atoms with E-state index in [1.165, 1.54) is 14.2 Å². The highest BCUT2D eigenvalue weighted by atomic mass is 31.2. The molecule has 2 aromatic rings. The van der Waals surface area contributed by atoms with Gasteiger partial charge in [-0.2, -0.15) is 0 Å². The minimum absolute atomic E-state index is 0.0527. The highest BCUT2D eigenvalue weighted by Gasteiger charge is 2.36. The Balaban J connectivity index is 1.17. The van der Waals surface area contributed by atoms with Gasteiger partial charge >= 0.3 is 0 Å². The van der Waals surface area contributed by atoms with Crippen LogP contribution in [-0.2, 0) is 4.57 Å². The van der Waals surface area contributed by atoms with Crippen LogP contribution in [0.4, 0.5) is 11.4 Å². The quantitative estimate of drug-likeness (QED) is 0.367. The SMILES string of the molecule is COc1cc2c(cc1OCP(=O)(CO)COc1cc3c(cc1OC)C(=O)N1CCC[C@H]1CN3)NC[C@@H]1CCCN1C2=O. The first-order chi connectivity index (χ1) is 20.3. The normalized spacial score (nSPS) is 21.2. The van der Waals surface area contributed by atoms with Crippen molar-refractivity contribution in [1.82, 2.24) is 9.80 Å². The average Bonchev–Trinajstić information content (AvgIpc) is 3.64. The van der Waals surface area contributed by atoms with Crippen LogP contribution >= 0.6 is 7.14 Å². The molecule has 0 unspecified atom stereocenters. The Hall–Kier alpha value is -3.63. The van der Waals surface area contributed by atoms with Crippen molar-refractivity contribution in [3.8, 4) is 23.0 Å². The monoisotopic (exact) mass is 600 g/mol. The van der Waals surface area contributed by atoms with Gasteiger partial charge in [-0.05, 0) is 37.8 Å². The number of amides is 2. The summed E-state index contributed by atoms with van der Waals surface area (Å²) in [7, 11) is -0.459. The van der Waals surface area contributed by atoms with Gasteiger partial charge in [-0.3, -0.25) is 9.59 Å². The highest BCUT2D eigenvalue weighted by Crippen LogP contribution is 2.48. The van der Waals surface area contributed by atoms with Gasteiger partial charge in [0, 0.05) is 50.4 Å². The van der Waals surface area contributed by atoms with Crippen molar-refractivity contribution in [2.24, 2.45) is 0 Å². The summed E-state index contributed by atoms with van der Waals surface area (Å²) in [5, 5.41) is 16.8. The number of hydrogen-bond donors (Lipinski definition) is 3. The van der Waals surface area contributed by atoms with Gasteiger partial charge in [-0.1, -0.05) is 0 Å². The summed E-state index contributed by atoms with van der Waals surface area (Å²) in [5.74, 6) is 1.16. The molecular formula is C29H37N4O8P. The number of nitrogens with zero attached hydrogens (tertiary/aromatic N) is 2. The van der Waals surface area contributed by atoms with E-state index >= 15 is 0 Å². The van der Waals surface area contributed by atoms with E-state index in [9.17, 15) is 19.3 Å². The molecule has 0 saturated carbocycles. The zero-order valence-electron chi connectivity index (χ0n) is 23.9. The fourth-order valence-electron chi connectivity index (χ4n) is 6.20. The average molecular weight is 601 g/mol. The number of aliphatic hydroxyl groups excluding tert-OH is 1. The van der Waals surface area contributed by atoms with Crippen LogP contribution in [0.5, 0.6) is 23.0 Å². The summed E-state index contributed by atoms with van der Waals surface area (Å²) >= 11 is 0. The summed E-state index contributed by atoms with van der Waals surface area (Å²) < 4.78 is 36.5. The second-order valence-corrected chi connectivity index (χ2v) is 14.1. The smallest absolute Gasteiger partial charge is 0.256 e. The Kier molecular flexibility index (Phi) is 7.85. The molecular weight excluding hydrogens is 563 g/mol. The second-order valence-electron chi connectivity index (χ2n) is 11.2. The van der Waals surface area contributed by atoms with Gasteiger partial charge in [-0.15, -0.1) is 0 Å². The maximum atomic E-state index is 13.6. The lowest BCUT2D eigenvalue weighted by Gasteiger charge is -2.22. The number of hydrogen-bond acceptors (Lipinski definition) is 10. The standard InChI is InChI=1S/C29H37N4O8P/c1-38-24-9-20-22(30-13-18-5-3-7-32(18)28(20)35)11-26(24)40-16-42(37,15-34)17-41-27-12-23-21(10-25(27)39-2)29(36)33-8-4-6-19(33)14-31-23/h9-12,18-19,30-31,34H,3-8,13-17H2,1-2H3/t18-,19-/m0/s1. The molecule has 0 radical (unpaired) electrons. The third-order valence-corrected chi connectivity index (χ3v) is 10.3. The molecule has 0 aliphatic carbocycles. The number of aliphatic hydroxyl groups is 1. The molecule has 4 aliphatic heterocycles. The van der Waals surface area contributed by atoms with Gasteiger partial charge in [0.25, 0.3) is 11.8 Å². The molecule has 3 N–H and O–H groups in total. The fraction of sp³-hybridized carbons (Fsp3) is 0.517. The summed E-state index contributed by atoms with van der Waals surface area (Å²) in [4.78, 5) is 30.1. The summed E-state index contributed by atoms with van der Waals surface area (Å²) in [6.45, 7) is 2.72. The van der Waals surface area contributed by atoms with E-state index in [0.717, 1.165) is 38.8 Å². The lowest BCUT2D eigenvalue weighted by atomic mass is 10.1. The first kappa shape index (κ1) is 28.5. The number of carbonyl (C=O) groups excluding carboxylic acids is 2. The number of benzene rings is 2. The zero-order valence-corrected chi connectivity index (χ0v) is 24.8. The van der Waals surface area contributed by atoms with Crippen LogP contribution in [-0.4, -0.2) is 98.2 Å². The number of anilines is 2. The van der Waals surface area contributed by atoms with Crippen LogP contribution in [0.3, 0.4) is 0 Å². The summed E-state index contributed by atoms with van der Waals surface area (Å²) in [6.07, 6.45) is 2.59. The predicted octanol–water partition coefficient (Wildman–Crippen LogP) is 3.45. The van der Waals surface area contributed by atoms with Crippen LogP contribution in [0.15, 0.2) is 24.3 Å². The van der Waals surface area contributed by atoms with E-state index in [1.807, 2.05) is 9.80 Å². The van der Waals surface area contributed by atoms with Crippen molar-refractivity contribution in [2.75, 3.05) is 70.1 Å². The van der Waals surface area contributed by atoms with Crippen molar-refractivity contribution >= 4 is 30.3 Å². The molecule has 4 aliphatic rings. The van der Waals surface area contributed by atoms with E-state index in [1.54, 1.807) is 24.3 Å². The number of carbonyl (C=O) groups is 2. The predicted molar refractivity (Wildman–Crippen MR) is 157 cm³/mol. The van der Waals surface area contributed by atoms with Crippen LogP contribution in [0, 0.1) is 0 Å². The molecule has 0 bridgehead atoms. The largest absolute Gasteiger partial charge is 0.493 e. The minimum Gasteiger partial charge on any atom is -0.493 e. The van der Waals surface area contributed by atoms with Gasteiger partial charge in [0.15, 0.2) is 30.1 Å². The Morgan fingerprint density at radius 3 is 1.64 bits per heavy atom. The van der Waals surface area contributed by atoms with Gasteiger partial charge in [0.2, 0.25) is 0 Å². The molecule has 2 aromatic carbocycles. The van der Waals surface area contributed by atoms with Crippen LogP contribution in [0.1, 0.15) is 46.4 Å². The van der Waals surface area contributed by atoms with E-state index in [-0.39, 0.29) is 36.6 Å². The number of methoxy groups -OCH3 is 2. The van der Waals surface area contributed by atoms with Gasteiger partial charge in [0.1, 0.15) is 19.0 Å². The van der Waals surface area contributed by atoms with E-state index in [0.29, 0.717) is 58.6 Å². The molecule has 0 aromatic heterocycles. The third kappa shape index (κ3) is 5.22. The maximum Gasteiger partial charge on any atom is 0.256 e. The molecule has 2 amide bonds. The number of fused-ring (bicyclic) bond motifs is 4. The summed E-state index contributed by atoms with van der Waals surface area (Å²) in [6, 6.07) is 6.92. The van der Waals surface area contributed by atoms with Crippen molar-refractivity contribution < 1.29 is 38.2 Å². The van der Waals surface area contributed by atoms with Gasteiger partial charge in [0.05, 0.1) is 36.7 Å². The molecule has 2 fully saturated rings. The molecule has 13 heteroatoms. The molecule has 226 valence electrons. The molecule has 4 heterocycles. The molecule has 2 saturated heterocycles. The number of ether oxygens (including phenoxy) is 4. The molecule has 2 atom stereocenters. The Morgan fingerprint density at radius 2 is 1.24 bits per heavy atom. The first-order valence-electron chi connectivity index (χ1n) is 14.3. The van der Waals surface area contributed by atoms with E-state index in [2.05, 4.69) is 10.6 Å². The molecule has 42 heavy (non-hydrogen) atoms. The highest BCUT2D eigenvalue weighted by molar-refractivity contribution is 7.63. The van der Waals surface area contributed by atoms with Crippen molar-refractivity contribution in [3.05, 3.63) is 35.4 Å². The van der Waals surface area contributed by atoms with Crippen molar-refractivity contribution in [2.45, 2.75) is 37.8 Å². The van der Waals surface area contributed by atoms with Crippen molar-refractivity contribution in [1.29, 1.82) is 0 Å². The van der Waals surface area contributed by atoms with Crippen LogP contribution < -0.4 is 29.6 Å².